The first-order valence-electron chi connectivity index (χ1n) is 11.0. The molecule has 10 heteroatoms. The van der Waals surface area contributed by atoms with Crippen LogP contribution in [-0.2, 0) is 14.3 Å². The molecule has 4 rings (SSSR count). The average molecular weight is 468 g/mol. The SMILES string of the molecule is [B]c1cnn2c(NCC3CCCN(C(=O)COCCOC)C3)cc(-c3ccccc3Cl)nc12. The highest BCUT2D eigenvalue weighted by Crippen LogP contribution is 2.28. The molecule has 1 N–H and O–H groups in total. The molecule has 0 bridgehead atoms. The Labute approximate surface area is 199 Å². The number of carbonyl (C=O) groups excluding carboxylic acids is 1. The summed E-state index contributed by atoms with van der Waals surface area (Å²) in [6.07, 6.45) is 3.59. The number of nitrogens with zero attached hydrogens (tertiary/aromatic N) is 4. The third kappa shape index (κ3) is 5.66. The lowest BCUT2D eigenvalue weighted by atomic mass is 9.98. The average Bonchev–Trinajstić information content (AvgIpc) is 3.21. The Kier molecular flexibility index (Phi) is 7.85. The zero-order valence-electron chi connectivity index (χ0n) is 18.7. The summed E-state index contributed by atoms with van der Waals surface area (Å²) in [4.78, 5) is 19.0. The van der Waals surface area contributed by atoms with Gasteiger partial charge in [0.05, 0.1) is 18.9 Å². The number of nitrogens with one attached hydrogen (secondary N) is 1. The van der Waals surface area contributed by atoms with Crippen LogP contribution in [0.25, 0.3) is 16.9 Å². The highest BCUT2D eigenvalue weighted by atomic mass is 35.5. The van der Waals surface area contributed by atoms with Crippen molar-refractivity contribution in [2.75, 3.05) is 51.9 Å². The van der Waals surface area contributed by atoms with Crippen molar-refractivity contribution in [1.29, 1.82) is 0 Å². The predicted octanol–water partition coefficient (Wildman–Crippen LogP) is 2.16. The van der Waals surface area contributed by atoms with Crippen LogP contribution in [0.1, 0.15) is 12.8 Å². The molecule has 8 nitrogen and oxygen atoms in total. The number of methoxy groups -OCH3 is 1. The van der Waals surface area contributed by atoms with E-state index in [4.69, 9.17) is 28.9 Å². The maximum absolute atomic E-state index is 12.5. The van der Waals surface area contributed by atoms with Gasteiger partial charge in [-0.3, -0.25) is 4.79 Å². The molecule has 1 saturated heterocycles. The van der Waals surface area contributed by atoms with Crippen LogP contribution in [0.15, 0.2) is 36.5 Å². The van der Waals surface area contributed by atoms with Crippen LogP contribution in [0.2, 0.25) is 5.02 Å². The molecule has 0 saturated carbocycles. The van der Waals surface area contributed by atoms with Crippen LogP contribution in [0.3, 0.4) is 0 Å². The lowest BCUT2D eigenvalue weighted by molar-refractivity contribution is -0.138. The molecule has 1 aromatic carbocycles. The zero-order chi connectivity index (χ0) is 23.2. The number of rotatable bonds is 9. The maximum atomic E-state index is 12.5. The van der Waals surface area contributed by atoms with Crippen LogP contribution < -0.4 is 10.8 Å². The number of aromatic nitrogens is 3. The highest BCUT2D eigenvalue weighted by molar-refractivity contribution is 6.36. The number of hydrogen-bond donors (Lipinski definition) is 1. The van der Waals surface area contributed by atoms with Gasteiger partial charge in [0.25, 0.3) is 0 Å². The van der Waals surface area contributed by atoms with Gasteiger partial charge < -0.3 is 19.7 Å². The summed E-state index contributed by atoms with van der Waals surface area (Å²) in [5, 5.41) is 8.49. The number of likely N-dealkylation sites (tertiary alicyclic amines) is 1. The van der Waals surface area contributed by atoms with E-state index in [2.05, 4.69) is 15.4 Å². The van der Waals surface area contributed by atoms with Crippen molar-refractivity contribution >= 4 is 42.3 Å². The van der Waals surface area contributed by atoms with Crippen LogP contribution in [0.5, 0.6) is 0 Å². The molecule has 1 fully saturated rings. The standard InChI is InChI=1S/C23H27BClN5O3/c1-32-9-10-33-15-22(31)29-8-4-5-16(14-29)12-26-21-11-20(17-6-2-3-7-19(17)25)28-23-18(24)13-27-30(21)23/h2-3,6-7,11,13,16,26H,4-5,8-10,12,14-15H2,1H3. The van der Waals surface area contributed by atoms with Crippen LogP contribution in [0, 0.1) is 5.92 Å². The van der Waals surface area contributed by atoms with Gasteiger partial charge in [-0.15, -0.1) is 0 Å². The van der Waals surface area contributed by atoms with Gasteiger partial charge in [-0.05, 0) is 30.3 Å². The summed E-state index contributed by atoms with van der Waals surface area (Å²) in [7, 11) is 7.72. The van der Waals surface area contributed by atoms with E-state index >= 15 is 0 Å². The van der Waals surface area contributed by atoms with Crippen molar-refractivity contribution < 1.29 is 14.3 Å². The second kappa shape index (κ2) is 11.0. The van der Waals surface area contributed by atoms with E-state index < -0.39 is 0 Å². The molecule has 0 spiro atoms. The molecule has 0 aliphatic carbocycles. The lowest BCUT2D eigenvalue weighted by Gasteiger charge is -2.33. The maximum Gasteiger partial charge on any atom is 0.248 e. The molecule has 1 unspecified atom stereocenters. The monoisotopic (exact) mass is 467 g/mol. The first kappa shape index (κ1) is 23.5. The van der Waals surface area contributed by atoms with Gasteiger partial charge in [0, 0.05) is 49.6 Å². The topological polar surface area (TPSA) is 81.0 Å². The summed E-state index contributed by atoms with van der Waals surface area (Å²) >= 11 is 6.41. The fourth-order valence-corrected chi connectivity index (χ4v) is 4.25. The summed E-state index contributed by atoms with van der Waals surface area (Å²) in [5.74, 6) is 1.10. The van der Waals surface area contributed by atoms with Gasteiger partial charge in [0.15, 0.2) is 5.65 Å². The third-order valence-electron chi connectivity index (χ3n) is 5.75. The zero-order valence-corrected chi connectivity index (χ0v) is 19.4. The Morgan fingerprint density at radius 1 is 1.33 bits per heavy atom. The van der Waals surface area contributed by atoms with Crippen molar-refractivity contribution in [3.63, 3.8) is 0 Å². The molecule has 33 heavy (non-hydrogen) atoms. The number of halogens is 1. The summed E-state index contributed by atoms with van der Waals surface area (Å²) in [6.45, 7) is 3.12. The highest BCUT2D eigenvalue weighted by Gasteiger charge is 2.24. The minimum Gasteiger partial charge on any atom is -0.382 e. The van der Waals surface area contributed by atoms with Crippen LogP contribution in [-0.4, -0.2) is 79.8 Å². The van der Waals surface area contributed by atoms with E-state index in [0.717, 1.165) is 36.5 Å². The number of ether oxygens (including phenoxy) is 2. The van der Waals surface area contributed by atoms with E-state index in [1.165, 1.54) is 0 Å². The number of hydrogen-bond acceptors (Lipinski definition) is 6. The van der Waals surface area contributed by atoms with Gasteiger partial charge in [0.1, 0.15) is 20.3 Å². The Morgan fingerprint density at radius 2 is 2.18 bits per heavy atom. The molecule has 172 valence electrons. The van der Waals surface area contributed by atoms with Crippen molar-refractivity contribution in [2.24, 2.45) is 5.92 Å². The Morgan fingerprint density at radius 3 is 3.00 bits per heavy atom. The van der Waals surface area contributed by atoms with Crippen LogP contribution >= 0.6 is 11.6 Å². The number of amides is 1. The van der Waals surface area contributed by atoms with Gasteiger partial charge in [-0.2, -0.15) is 9.61 Å². The molecule has 3 aromatic rings. The molecule has 1 aliphatic heterocycles. The predicted molar refractivity (Wildman–Crippen MR) is 129 cm³/mol. The van der Waals surface area contributed by atoms with Crippen molar-refractivity contribution in [2.45, 2.75) is 12.8 Å². The molecule has 3 heterocycles. The van der Waals surface area contributed by atoms with E-state index in [9.17, 15) is 4.79 Å². The van der Waals surface area contributed by atoms with Gasteiger partial charge >= 0.3 is 0 Å². The molecule has 1 aliphatic rings. The smallest absolute Gasteiger partial charge is 0.248 e. The Hall–Kier alpha value is -2.62. The van der Waals surface area contributed by atoms with Crippen molar-refractivity contribution in [3.8, 4) is 11.3 Å². The molecule has 1 atom stereocenters. The van der Waals surface area contributed by atoms with E-state index in [1.807, 2.05) is 35.2 Å². The fraction of sp³-hybridized carbons (Fsp3) is 0.435. The fourth-order valence-electron chi connectivity index (χ4n) is 4.01. The van der Waals surface area contributed by atoms with Gasteiger partial charge in [-0.1, -0.05) is 29.8 Å². The van der Waals surface area contributed by atoms with Crippen molar-refractivity contribution in [1.82, 2.24) is 19.5 Å². The number of fused-ring (bicyclic) bond motifs is 1. The first-order chi connectivity index (χ1) is 16.1. The Bertz CT molecular complexity index is 1110. The minimum atomic E-state index is 0.0166. The number of carbonyl (C=O) groups is 1. The minimum absolute atomic E-state index is 0.0166. The number of benzene rings is 1. The summed E-state index contributed by atoms with van der Waals surface area (Å²) in [6, 6.07) is 9.50. The second-order valence-electron chi connectivity index (χ2n) is 8.12. The molecule has 1 amide bonds. The van der Waals surface area contributed by atoms with E-state index in [1.54, 1.807) is 17.8 Å². The first-order valence-corrected chi connectivity index (χ1v) is 11.4. The van der Waals surface area contributed by atoms with E-state index in [-0.39, 0.29) is 12.5 Å². The summed E-state index contributed by atoms with van der Waals surface area (Å²) in [5.41, 5.74) is 2.61. The quantitative estimate of drug-likeness (QED) is 0.384. The molecule has 2 aromatic heterocycles. The molecular formula is C23H27BClN5O3. The van der Waals surface area contributed by atoms with Crippen LogP contribution in [0.4, 0.5) is 5.82 Å². The van der Waals surface area contributed by atoms with Gasteiger partial charge in [-0.25, -0.2) is 4.98 Å². The molecule has 2 radical (unpaired) electrons. The largest absolute Gasteiger partial charge is 0.382 e. The Balaban J connectivity index is 1.45. The second-order valence-corrected chi connectivity index (χ2v) is 8.52. The molecular weight excluding hydrogens is 441 g/mol. The van der Waals surface area contributed by atoms with E-state index in [0.29, 0.717) is 48.4 Å². The number of anilines is 1. The van der Waals surface area contributed by atoms with Gasteiger partial charge in [0.2, 0.25) is 5.91 Å². The van der Waals surface area contributed by atoms with Crippen molar-refractivity contribution in [3.05, 3.63) is 41.6 Å². The summed E-state index contributed by atoms with van der Waals surface area (Å²) < 4.78 is 12.0. The third-order valence-corrected chi connectivity index (χ3v) is 6.08. The number of piperidine rings is 1. The normalized spacial score (nSPS) is 16.3. The lowest BCUT2D eigenvalue weighted by Crippen LogP contribution is -2.43.